The fourth-order valence-corrected chi connectivity index (χ4v) is 0.513. The van der Waals surface area contributed by atoms with Crippen molar-refractivity contribution in [2.24, 2.45) is 4.99 Å². The summed E-state index contributed by atoms with van der Waals surface area (Å²) in [5.74, 6) is 0. The van der Waals surface area contributed by atoms with E-state index in [1.807, 2.05) is 19.2 Å². The van der Waals surface area contributed by atoms with Crippen molar-refractivity contribution < 1.29 is 0 Å². The van der Waals surface area contributed by atoms with Gasteiger partial charge in [0.1, 0.15) is 0 Å². The molecule has 0 aromatic heterocycles. The molecule has 56 valence electrons. The van der Waals surface area contributed by atoms with Crippen molar-refractivity contribution in [2.45, 2.75) is 6.42 Å². The zero-order valence-electron chi connectivity index (χ0n) is 6.38. The number of rotatable bonds is 5. The van der Waals surface area contributed by atoms with Gasteiger partial charge in [0.05, 0.1) is 0 Å². The number of nitrogens with zero attached hydrogens (tertiary/aromatic N) is 1. The van der Waals surface area contributed by atoms with Crippen LogP contribution in [-0.2, 0) is 0 Å². The predicted molar refractivity (Wildman–Crippen MR) is 46.4 cm³/mol. The molecule has 0 saturated heterocycles. The van der Waals surface area contributed by atoms with Crippen LogP contribution >= 0.6 is 0 Å². The van der Waals surface area contributed by atoms with Gasteiger partial charge in [-0.25, -0.2) is 0 Å². The molecule has 0 amide bonds. The largest absolute Gasteiger partial charge is 0.319 e. The van der Waals surface area contributed by atoms with Crippen LogP contribution in [0.15, 0.2) is 29.4 Å². The van der Waals surface area contributed by atoms with Crippen molar-refractivity contribution >= 4 is 6.72 Å². The molecular weight excluding hydrogens is 124 g/mol. The van der Waals surface area contributed by atoms with Crippen molar-refractivity contribution in [3.8, 4) is 0 Å². The lowest BCUT2D eigenvalue weighted by atomic mass is 10.4. The summed E-state index contributed by atoms with van der Waals surface area (Å²) in [4.78, 5) is 3.56. The van der Waals surface area contributed by atoms with Crippen molar-refractivity contribution in [1.82, 2.24) is 5.32 Å². The highest BCUT2D eigenvalue weighted by Gasteiger charge is 1.72. The van der Waals surface area contributed by atoms with Crippen LogP contribution in [0.4, 0.5) is 0 Å². The smallest absolute Gasteiger partial charge is 0.0260 e. The van der Waals surface area contributed by atoms with Crippen molar-refractivity contribution in [3.05, 3.63) is 24.4 Å². The van der Waals surface area contributed by atoms with Crippen LogP contribution in [0.3, 0.4) is 0 Å². The number of allylic oxidation sites excluding steroid dienone is 2. The summed E-state index contributed by atoms with van der Waals surface area (Å²) in [6, 6.07) is 0. The lowest BCUT2D eigenvalue weighted by Crippen LogP contribution is -2.05. The molecule has 1 N–H and O–H groups in total. The van der Waals surface area contributed by atoms with Crippen LogP contribution in [-0.4, -0.2) is 20.3 Å². The maximum Gasteiger partial charge on any atom is 0.0260 e. The number of hydrogen-bond donors (Lipinski definition) is 1. The average molecular weight is 138 g/mol. The summed E-state index contributed by atoms with van der Waals surface area (Å²) in [6.07, 6.45) is 8.63. The molecule has 0 aliphatic carbocycles. The van der Waals surface area contributed by atoms with Gasteiger partial charge in [-0.15, -0.1) is 0 Å². The molecule has 0 aliphatic heterocycles. The van der Waals surface area contributed by atoms with Gasteiger partial charge < -0.3 is 5.32 Å². The molecule has 0 saturated carbocycles. The van der Waals surface area contributed by atoms with E-state index in [4.69, 9.17) is 0 Å². The van der Waals surface area contributed by atoms with E-state index in [-0.39, 0.29) is 0 Å². The topological polar surface area (TPSA) is 24.4 Å². The summed E-state index contributed by atoms with van der Waals surface area (Å²) >= 11 is 0. The maximum atomic E-state index is 3.56. The SMILES string of the molecule is C=N/C=C\C=C\CCNC. The van der Waals surface area contributed by atoms with Crippen LogP contribution in [0, 0.1) is 0 Å². The molecule has 10 heavy (non-hydrogen) atoms. The highest BCUT2D eigenvalue weighted by molar-refractivity contribution is 5.26. The number of aliphatic imine (C=N–C) groups is 1. The lowest BCUT2D eigenvalue weighted by molar-refractivity contribution is 0.808. The van der Waals surface area contributed by atoms with E-state index in [1.54, 1.807) is 6.20 Å². The Balaban J connectivity index is 3.19. The maximum absolute atomic E-state index is 3.56. The Labute approximate surface area is 62.4 Å². The van der Waals surface area contributed by atoms with E-state index in [9.17, 15) is 0 Å². The van der Waals surface area contributed by atoms with Crippen LogP contribution in [0.2, 0.25) is 0 Å². The first kappa shape index (κ1) is 9.11. The molecule has 0 atom stereocenters. The van der Waals surface area contributed by atoms with Gasteiger partial charge in [0.25, 0.3) is 0 Å². The molecule has 0 radical (unpaired) electrons. The molecule has 2 heteroatoms. The van der Waals surface area contributed by atoms with E-state index in [2.05, 4.69) is 23.1 Å². The molecule has 2 nitrogen and oxygen atoms in total. The Morgan fingerprint density at radius 2 is 2.30 bits per heavy atom. The molecule has 0 aromatic rings. The highest BCUT2D eigenvalue weighted by Crippen LogP contribution is 1.81. The molecule has 0 bridgehead atoms. The van der Waals surface area contributed by atoms with E-state index in [0.717, 1.165) is 13.0 Å². The minimum absolute atomic E-state index is 1.02. The first-order valence-electron chi connectivity index (χ1n) is 3.34. The Kier molecular flexibility index (Phi) is 7.39. The van der Waals surface area contributed by atoms with E-state index in [0.29, 0.717) is 0 Å². The highest BCUT2D eigenvalue weighted by atomic mass is 14.8. The Morgan fingerprint density at radius 1 is 1.50 bits per heavy atom. The van der Waals surface area contributed by atoms with Crippen molar-refractivity contribution in [1.29, 1.82) is 0 Å². The molecule has 0 unspecified atom stereocenters. The van der Waals surface area contributed by atoms with Crippen molar-refractivity contribution in [2.75, 3.05) is 13.6 Å². The third-order valence-electron chi connectivity index (χ3n) is 1.000. The van der Waals surface area contributed by atoms with Gasteiger partial charge in [0.2, 0.25) is 0 Å². The predicted octanol–water partition coefficient (Wildman–Crippen LogP) is 1.37. The van der Waals surface area contributed by atoms with Gasteiger partial charge in [0.15, 0.2) is 0 Å². The van der Waals surface area contributed by atoms with Gasteiger partial charge in [-0.2, -0.15) is 0 Å². The fourth-order valence-electron chi connectivity index (χ4n) is 0.513. The third kappa shape index (κ3) is 7.11. The minimum Gasteiger partial charge on any atom is -0.319 e. The lowest BCUT2D eigenvalue weighted by Gasteiger charge is -1.88. The molecule has 0 aromatic carbocycles. The molecule has 0 fully saturated rings. The first-order valence-corrected chi connectivity index (χ1v) is 3.34. The summed E-state index contributed by atoms with van der Waals surface area (Å²) in [5, 5.41) is 3.05. The van der Waals surface area contributed by atoms with Crippen LogP contribution in [0.1, 0.15) is 6.42 Å². The normalized spacial score (nSPS) is 11.3. The zero-order chi connectivity index (χ0) is 7.66. The minimum atomic E-state index is 1.02. The Hall–Kier alpha value is -0.890. The second-order valence-corrected chi connectivity index (χ2v) is 1.84. The molecular formula is C8H14N2. The van der Waals surface area contributed by atoms with Crippen LogP contribution in [0.5, 0.6) is 0 Å². The number of hydrogen-bond acceptors (Lipinski definition) is 2. The van der Waals surface area contributed by atoms with Crippen molar-refractivity contribution in [3.63, 3.8) is 0 Å². The second kappa shape index (κ2) is 8.11. The number of nitrogens with one attached hydrogen (secondary N) is 1. The van der Waals surface area contributed by atoms with Crippen LogP contribution < -0.4 is 5.32 Å². The van der Waals surface area contributed by atoms with Gasteiger partial charge in [-0.1, -0.05) is 12.2 Å². The van der Waals surface area contributed by atoms with Gasteiger partial charge >= 0.3 is 0 Å². The van der Waals surface area contributed by atoms with Gasteiger partial charge in [-0.3, -0.25) is 4.99 Å². The quantitative estimate of drug-likeness (QED) is 0.346. The van der Waals surface area contributed by atoms with Crippen LogP contribution in [0.25, 0.3) is 0 Å². The summed E-state index contributed by atoms with van der Waals surface area (Å²) in [7, 11) is 1.94. The van der Waals surface area contributed by atoms with E-state index >= 15 is 0 Å². The molecule has 0 rings (SSSR count). The molecule has 0 spiro atoms. The average Bonchev–Trinajstić information content (AvgIpc) is 1.97. The summed E-state index contributed by atoms with van der Waals surface area (Å²) < 4.78 is 0. The summed E-state index contributed by atoms with van der Waals surface area (Å²) in [5.41, 5.74) is 0. The van der Waals surface area contributed by atoms with E-state index in [1.165, 1.54) is 0 Å². The van der Waals surface area contributed by atoms with Gasteiger partial charge in [-0.05, 0) is 32.8 Å². The van der Waals surface area contributed by atoms with E-state index < -0.39 is 0 Å². The standard InChI is InChI=1S/C8H14N2/c1-9-7-5-3-4-6-8-10-2/h3-5,7,10H,1,6,8H2,2H3/b4-3+,7-5-. The third-order valence-corrected chi connectivity index (χ3v) is 1.000. The molecule has 0 heterocycles. The van der Waals surface area contributed by atoms with Gasteiger partial charge in [0, 0.05) is 6.20 Å². The Bertz CT molecular complexity index is 125. The monoisotopic (exact) mass is 138 g/mol. The summed E-state index contributed by atoms with van der Waals surface area (Å²) in [6.45, 7) is 4.33. The zero-order valence-corrected chi connectivity index (χ0v) is 6.38. The fraction of sp³-hybridized carbons (Fsp3) is 0.375. The Morgan fingerprint density at radius 3 is 2.90 bits per heavy atom. The first-order chi connectivity index (χ1) is 4.91. The molecule has 0 aliphatic rings. The second-order valence-electron chi connectivity index (χ2n) is 1.84.